The van der Waals surface area contributed by atoms with Gasteiger partial charge in [-0.1, -0.05) is 110 Å². The van der Waals surface area contributed by atoms with Crippen LogP contribution in [0.2, 0.25) is 0 Å². The molecule has 0 aliphatic carbocycles. The molecule has 1 heterocycles. The number of hydrogen-bond donors (Lipinski definition) is 1. The average Bonchev–Trinajstić information content (AvgIpc) is 3.10. The molecule has 0 spiro atoms. The van der Waals surface area contributed by atoms with Crippen molar-refractivity contribution in [2.45, 2.75) is 141 Å². The summed E-state index contributed by atoms with van der Waals surface area (Å²) in [5, 5.41) is 2.77. The van der Waals surface area contributed by atoms with Gasteiger partial charge in [0.25, 0.3) is 0 Å². The van der Waals surface area contributed by atoms with Gasteiger partial charge in [-0.15, -0.1) is 0 Å². The van der Waals surface area contributed by atoms with Crippen molar-refractivity contribution >= 4 is 11.7 Å². The summed E-state index contributed by atoms with van der Waals surface area (Å²) in [7, 11) is 0. The van der Waals surface area contributed by atoms with E-state index in [2.05, 4.69) is 12.2 Å². The summed E-state index contributed by atoms with van der Waals surface area (Å²) in [6, 6.07) is -0.182. The predicted octanol–water partition coefficient (Wildman–Crippen LogP) is 6.88. The van der Waals surface area contributed by atoms with E-state index >= 15 is 0 Å². The number of hydrogen-bond acceptors (Lipinski definition) is 2. The standard InChI is InChI=1S/C24H45NO2/c1-2-3-4-5-6-7-8-9-10-11-12-13-14-15-16-17-18-19-23(26)22-20-21-24(27)25-22/h22H,2-21H2,1H3,(H,25,27). The Balaban J connectivity index is 1.72. The first kappa shape index (κ1) is 24.2. The van der Waals surface area contributed by atoms with Crippen LogP contribution in [0.5, 0.6) is 0 Å². The lowest BCUT2D eigenvalue weighted by Gasteiger charge is -2.08. The van der Waals surface area contributed by atoms with Gasteiger partial charge in [-0.3, -0.25) is 9.59 Å². The van der Waals surface area contributed by atoms with E-state index in [4.69, 9.17) is 0 Å². The predicted molar refractivity (Wildman–Crippen MR) is 115 cm³/mol. The topological polar surface area (TPSA) is 46.2 Å². The first-order valence-electron chi connectivity index (χ1n) is 12.1. The van der Waals surface area contributed by atoms with Crippen molar-refractivity contribution in [2.24, 2.45) is 0 Å². The van der Waals surface area contributed by atoms with Crippen molar-refractivity contribution in [2.75, 3.05) is 0 Å². The van der Waals surface area contributed by atoms with Gasteiger partial charge in [0.15, 0.2) is 5.78 Å². The van der Waals surface area contributed by atoms with Crippen LogP contribution in [0, 0.1) is 0 Å². The second kappa shape index (κ2) is 17.3. The van der Waals surface area contributed by atoms with Gasteiger partial charge in [0.05, 0.1) is 6.04 Å². The summed E-state index contributed by atoms with van der Waals surface area (Å²) >= 11 is 0. The molecule has 1 N–H and O–H groups in total. The summed E-state index contributed by atoms with van der Waals surface area (Å²) in [6.45, 7) is 2.28. The fourth-order valence-corrected chi connectivity index (χ4v) is 4.05. The molecule has 27 heavy (non-hydrogen) atoms. The smallest absolute Gasteiger partial charge is 0.220 e. The molecule has 0 saturated carbocycles. The summed E-state index contributed by atoms with van der Waals surface area (Å²) in [4.78, 5) is 23.1. The quantitative estimate of drug-likeness (QED) is 0.249. The third-order valence-corrected chi connectivity index (χ3v) is 5.91. The fourth-order valence-electron chi connectivity index (χ4n) is 4.05. The number of unbranched alkanes of at least 4 members (excludes halogenated alkanes) is 16. The average molecular weight is 380 g/mol. The van der Waals surface area contributed by atoms with Crippen molar-refractivity contribution in [1.82, 2.24) is 5.32 Å². The number of amides is 1. The highest BCUT2D eigenvalue weighted by Crippen LogP contribution is 2.15. The normalized spacial score (nSPS) is 16.6. The van der Waals surface area contributed by atoms with Crippen LogP contribution in [-0.2, 0) is 9.59 Å². The molecule has 1 saturated heterocycles. The van der Waals surface area contributed by atoms with E-state index in [1.165, 1.54) is 96.3 Å². The molecule has 0 aromatic heterocycles. The van der Waals surface area contributed by atoms with Gasteiger partial charge in [-0.2, -0.15) is 0 Å². The summed E-state index contributed by atoms with van der Waals surface area (Å²) < 4.78 is 0. The van der Waals surface area contributed by atoms with Crippen LogP contribution in [0.25, 0.3) is 0 Å². The number of nitrogens with one attached hydrogen (secondary N) is 1. The lowest BCUT2D eigenvalue weighted by atomic mass is 10.0. The maximum atomic E-state index is 11.9. The number of ketones is 1. The number of carbonyl (C=O) groups excluding carboxylic acids is 2. The Labute approximate surface area is 168 Å². The van der Waals surface area contributed by atoms with Gasteiger partial charge in [-0.05, 0) is 12.8 Å². The second-order valence-corrected chi connectivity index (χ2v) is 8.53. The van der Waals surface area contributed by atoms with Gasteiger partial charge >= 0.3 is 0 Å². The minimum Gasteiger partial charge on any atom is -0.346 e. The van der Waals surface area contributed by atoms with E-state index in [1.54, 1.807) is 0 Å². The van der Waals surface area contributed by atoms with E-state index < -0.39 is 0 Å². The van der Waals surface area contributed by atoms with Gasteiger partial charge in [-0.25, -0.2) is 0 Å². The van der Waals surface area contributed by atoms with Crippen molar-refractivity contribution in [1.29, 1.82) is 0 Å². The molecule has 0 aromatic rings. The van der Waals surface area contributed by atoms with Crippen LogP contribution in [0.4, 0.5) is 0 Å². The van der Waals surface area contributed by atoms with Crippen molar-refractivity contribution in [3.05, 3.63) is 0 Å². The van der Waals surface area contributed by atoms with E-state index in [1.807, 2.05) is 0 Å². The third-order valence-electron chi connectivity index (χ3n) is 5.91. The molecule has 1 aliphatic heterocycles. The molecular weight excluding hydrogens is 334 g/mol. The van der Waals surface area contributed by atoms with E-state index in [-0.39, 0.29) is 17.7 Å². The molecule has 3 heteroatoms. The molecule has 1 unspecified atom stereocenters. The lowest BCUT2D eigenvalue weighted by molar-refractivity contribution is -0.124. The van der Waals surface area contributed by atoms with Crippen LogP contribution in [0.1, 0.15) is 135 Å². The van der Waals surface area contributed by atoms with Crippen LogP contribution >= 0.6 is 0 Å². The highest BCUT2D eigenvalue weighted by atomic mass is 16.2. The van der Waals surface area contributed by atoms with Gasteiger partial charge in [0, 0.05) is 12.8 Å². The van der Waals surface area contributed by atoms with Crippen LogP contribution < -0.4 is 5.32 Å². The zero-order chi connectivity index (χ0) is 19.6. The van der Waals surface area contributed by atoms with Crippen LogP contribution in [-0.4, -0.2) is 17.7 Å². The third kappa shape index (κ3) is 13.9. The largest absolute Gasteiger partial charge is 0.346 e. The Morgan fingerprint density at radius 3 is 1.52 bits per heavy atom. The minimum atomic E-state index is -0.182. The lowest BCUT2D eigenvalue weighted by Crippen LogP contribution is -2.32. The Kier molecular flexibility index (Phi) is 15.4. The van der Waals surface area contributed by atoms with E-state index in [0.29, 0.717) is 19.3 Å². The highest BCUT2D eigenvalue weighted by molar-refractivity contribution is 5.91. The molecule has 0 bridgehead atoms. The van der Waals surface area contributed by atoms with Gasteiger partial charge in [0.1, 0.15) is 0 Å². The molecule has 0 aromatic carbocycles. The first-order valence-corrected chi connectivity index (χ1v) is 12.1. The molecule has 1 atom stereocenters. The SMILES string of the molecule is CCCCCCCCCCCCCCCCCCCC(=O)C1CCC(=O)N1. The molecule has 1 aliphatic rings. The van der Waals surface area contributed by atoms with Crippen LogP contribution in [0.15, 0.2) is 0 Å². The maximum Gasteiger partial charge on any atom is 0.220 e. The number of Topliss-reactive ketones (excluding diaryl/α,β-unsaturated/α-hetero) is 1. The molecule has 158 valence electrons. The zero-order valence-electron chi connectivity index (χ0n) is 18.0. The summed E-state index contributed by atoms with van der Waals surface area (Å²) in [5.41, 5.74) is 0. The number of carbonyl (C=O) groups is 2. The van der Waals surface area contributed by atoms with E-state index in [9.17, 15) is 9.59 Å². The fraction of sp³-hybridized carbons (Fsp3) is 0.917. The molecule has 1 amide bonds. The second-order valence-electron chi connectivity index (χ2n) is 8.53. The van der Waals surface area contributed by atoms with Gasteiger partial charge < -0.3 is 5.32 Å². The van der Waals surface area contributed by atoms with Crippen molar-refractivity contribution in [3.8, 4) is 0 Å². The molecule has 0 radical (unpaired) electrons. The minimum absolute atomic E-state index is 0.0377. The van der Waals surface area contributed by atoms with Crippen LogP contribution in [0.3, 0.4) is 0 Å². The molecule has 1 fully saturated rings. The first-order chi connectivity index (χ1) is 13.2. The number of rotatable bonds is 19. The maximum absolute atomic E-state index is 11.9. The summed E-state index contributed by atoms with van der Waals surface area (Å²) in [5.74, 6) is 0.276. The summed E-state index contributed by atoms with van der Waals surface area (Å²) in [6.07, 6.45) is 25.0. The molecule has 1 rings (SSSR count). The highest BCUT2D eigenvalue weighted by Gasteiger charge is 2.26. The molecule has 3 nitrogen and oxygen atoms in total. The Morgan fingerprint density at radius 2 is 1.15 bits per heavy atom. The van der Waals surface area contributed by atoms with Crippen molar-refractivity contribution < 1.29 is 9.59 Å². The van der Waals surface area contributed by atoms with Crippen molar-refractivity contribution in [3.63, 3.8) is 0 Å². The zero-order valence-corrected chi connectivity index (χ0v) is 18.0. The Bertz CT molecular complexity index is 381. The van der Waals surface area contributed by atoms with Gasteiger partial charge in [0.2, 0.25) is 5.91 Å². The van der Waals surface area contributed by atoms with E-state index in [0.717, 1.165) is 12.8 Å². The Morgan fingerprint density at radius 1 is 0.741 bits per heavy atom. The molecular formula is C24H45NO2. The monoisotopic (exact) mass is 379 g/mol. The Hall–Kier alpha value is -0.860.